The third-order valence-electron chi connectivity index (χ3n) is 3.30. The van der Waals surface area contributed by atoms with Crippen LogP contribution in [-0.2, 0) is 7.05 Å². The Morgan fingerprint density at radius 1 is 1.33 bits per heavy atom. The molecule has 1 N–H and O–H groups in total. The predicted molar refractivity (Wildman–Crippen MR) is 87.8 cm³/mol. The minimum atomic E-state index is 0.198. The normalized spacial score (nSPS) is 12.3. The summed E-state index contributed by atoms with van der Waals surface area (Å²) in [6.45, 7) is 2.12. The summed E-state index contributed by atoms with van der Waals surface area (Å²) in [5, 5.41) is 13.6. The van der Waals surface area contributed by atoms with Crippen molar-refractivity contribution in [2.75, 3.05) is 5.32 Å². The monoisotopic (exact) mass is 318 g/mol. The maximum atomic E-state index is 5.99. The third kappa shape index (κ3) is 3.09. The van der Waals surface area contributed by atoms with Crippen molar-refractivity contribution in [1.82, 2.24) is 14.8 Å². The Morgan fingerprint density at radius 2 is 2.19 bits per heavy atom. The Labute approximate surface area is 132 Å². The van der Waals surface area contributed by atoms with Crippen LogP contribution in [0, 0.1) is 0 Å². The number of nitrogens with zero attached hydrogens (tertiary/aromatic N) is 3. The average Bonchev–Trinajstić information content (AvgIpc) is 3.08. The van der Waals surface area contributed by atoms with Gasteiger partial charge in [0.25, 0.3) is 0 Å². The molecule has 0 aliphatic heterocycles. The van der Waals surface area contributed by atoms with Gasteiger partial charge in [0.05, 0.1) is 4.34 Å². The molecule has 0 aliphatic carbocycles. The van der Waals surface area contributed by atoms with Crippen molar-refractivity contribution in [3.63, 3.8) is 0 Å². The summed E-state index contributed by atoms with van der Waals surface area (Å²) in [6, 6.07) is 10.4. The summed E-state index contributed by atoms with van der Waals surface area (Å²) in [4.78, 5) is 0. The smallest absolute Gasteiger partial charge is 0.163 e. The van der Waals surface area contributed by atoms with Gasteiger partial charge in [-0.05, 0) is 36.1 Å². The van der Waals surface area contributed by atoms with Crippen LogP contribution in [0.4, 0.5) is 5.69 Å². The second-order valence-corrected chi connectivity index (χ2v) is 6.44. The first-order valence-electron chi connectivity index (χ1n) is 6.58. The molecule has 0 bridgehead atoms. The number of hydrogen-bond donors (Lipinski definition) is 1. The van der Waals surface area contributed by atoms with Gasteiger partial charge in [-0.15, -0.1) is 21.5 Å². The summed E-state index contributed by atoms with van der Waals surface area (Å²) in [5.41, 5.74) is 3.27. The van der Waals surface area contributed by atoms with Crippen molar-refractivity contribution in [2.24, 2.45) is 7.05 Å². The zero-order valence-electron chi connectivity index (χ0n) is 11.7. The number of nitrogens with one attached hydrogen (secondary N) is 1. The highest BCUT2D eigenvalue weighted by Crippen LogP contribution is 2.28. The fourth-order valence-corrected chi connectivity index (χ4v) is 3.16. The highest BCUT2D eigenvalue weighted by atomic mass is 35.5. The molecule has 1 unspecified atom stereocenters. The van der Waals surface area contributed by atoms with E-state index in [-0.39, 0.29) is 6.04 Å². The molecule has 2 aromatic heterocycles. The van der Waals surface area contributed by atoms with Gasteiger partial charge >= 0.3 is 0 Å². The summed E-state index contributed by atoms with van der Waals surface area (Å²) in [7, 11) is 1.94. The lowest BCUT2D eigenvalue weighted by Crippen LogP contribution is -2.05. The molecule has 21 heavy (non-hydrogen) atoms. The van der Waals surface area contributed by atoms with E-state index in [0.29, 0.717) is 0 Å². The second kappa shape index (κ2) is 5.87. The van der Waals surface area contributed by atoms with Crippen LogP contribution in [0.1, 0.15) is 18.5 Å². The highest BCUT2D eigenvalue weighted by molar-refractivity contribution is 7.14. The highest BCUT2D eigenvalue weighted by Gasteiger charge is 2.09. The first-order chi connectivity index (χ1) is 10.1. The molecule has 0 saturated heterocycles. The number of aromatic nitrogens is 3. The fourth-order valence-electron chi connectivity index (χ4n) is 2.18. The zero-order valence-corrected chi connectivity index (χ0v) is 13.3. The number of benzene rings is 1. The molecule has 108 valence electrons. The number of rotatable bonds is 4. The van der Waals surface area contributed by atoms with Gasteiger partial charge in [-0.25, -0.2) is 0 Å². The standard InChI is InChI=1S/C15H15ClN4S/c1-10(12-7-14(16)21-8-12)18-13-5-3-4-11(6-13)15-19-17-9-20(15)2/h3-10,18H,1-2H3. The van der Waals surface area contributed by atoms with Crippen molar-refractivity contribution in [3.8, 4) is 11.4 Å². The topological polar surface area (TPSA) is 42.7 Å². The van der Waals surface area contributed by atoms with Gasteiger partial charge in [-0.2, -0.15) is 0 Å². The molecule has 0 aliphatic rings. The van der Waals surface area contributed by atoms with Crippen LogP contribution in [0.15, 0.2) is 42.0 Å². The lowest BCUT2D eigenvalue weighted by atomic mass is 10.1. The maximum absolute atomic E-state index is 5.99. The summed E-state index contributed by atoms with van der Waals surface area (Å²) >= 11 is 7.54. The van der Waals surface area contributed by atoms with Gasteiger partial charge in [0.2, 0.25) is 0 Å². The van der Waals surface area contributed by atoms with Crippen molar-refractivity contribution < 1.29 is 0 Å². The van der Waals surface area contributed by atoms with Gasteiger partial charge in [0, 0.05) is 24.3 Å². The van der Waals surface area contributed by atoms with E-state index in [1.54, 1.807) is 17.7 Å². The Kier molecular flexibility index (Phi) is 3.94. The van der Waals surface area contributed by atoms with Crippen molar-refractivity contribution in [2.45, 2.75) is 13.0 Å². The zero-order chi connectivity index (χ0) is 14.8. The molecule has 0 amide bonds. The lowest BCUT2D eigenvalue weighted by molar-refractivity contribution is 0.890. The van der Waals surface area contributed by atoms with Gasteiger partial charge < -0.3 is 9.88 Å². The van der Waals surface area contributed by atoms with Crippen LogP contribution in [0.25, 0.3) is 11.4 Å². The molecule has 4 nitrogen and oxygen atoms in total. The van der Waals surface area contributed by atoms with Crippen LogP contribution >= 0.6 is 22.9 Å². The molecule has 1 aromatic carbocycles. The average molecular weight is 319 g/mol. The van der Waals surface area contributed by atoms with Gasteiger partial charge in [0.1, 0.15) is 6.33 Å². The van der Waals surface area contributed by atoms with Gasteiger partial charge in [-0.1, -0.05) is 23.7 Å². The Hall–Kier alpha value is -1.85. The third-order valence-corrected chi connectivity index (χ3v) is 4.41. The molecule has 0 spiro atoms. The molecule has 0 saturated carbocycles. The van der Waals surface area contributed by atoms with Gasteiger partial charge in [0.15, 0.2) is 5.82 Å². The van der Waals surface area contributed by atoms with Crippen LogP contribution < -0.4 is 5.32 Å². The summed E-state index contributed by atoms with van der Waals surface area (Å²) in [5.74, 6) is 0.852. The minimum absolute atomic E-state index is 0.198. The Morgan fingerprint density at radius 3 is 2.86 bits per heavy atom. The van der Waals surface area contributed by atoms with E-state index in [1.165, 1.54) is 5.56 Å². The first-order valence-corrected chi connectivity index (χ1v) is 7.84. The van der Waals surface area contributed by atoms with Crippen LogP contribution in [0.2, 0.25) is 4.34 Å². The molecule has 0 fully saturated rings. The van der Waals surface area contributed by atoms with Crippen molar-refractivity contribution in [3.05, 3.63) is 51.9 Å². The molecular weight excluding hydrogens is 304 g/mol. The molecule has 3 rings (SSSR count). The quantitative estimate of drug-likeness (QED) is 0.776. The van der Waals surface area contributed by atoms with Gasteiger partial charge in [-0.3, -0.25) is 0 Å². The van der Waals surface area contributed by atoms with E-state index in [0.717, 1.165) is 21.4 Å². The van der Waals surface area contributed by atoms with E-state index in [2.05, 4.69) is 33.9 Å². The first kappa shape index (κ1) is 14.1. The SMILES string of the molecule is CC(Nc1cccc(-c2nncn2C)c1)c1csc(Cl)c1. The van der Waals surface area contributed by atoms with Crippen molar-refractivity contribution in [1.29, 1.82) is 0 Å². The Bertz CT molecular complexity index is 749. The Balaban J connectivity index is 1.82. The number of halogens is 1. The number of aryl methyl sites for hydroxylation is 1. The fraction of sp³-hybridized carbons (Fsp3) is 0.200. The molecule has 1 atom stereocenters. The van der Waals surface area contributed by atoms with E-state index in [9.17, 15) is 0 Å². The van der Waals surface area contributed by atoms with E-state index in [1.807, 2.05) is 35.9 Å². The molecule has 0 radical (unpaired) electrons. The van der Waals surface area contributed by atoms with Crippen LogP contribution in [-0.4, -0.2) is 14.8 Å². The molecule has 6 heteroatoms. The van der Waals surface area contributed by atoms with Crippen LogP contribution in [0.3, 0.4) is 0 Å². The predicted octanol–water partition coefficient (Wildman–Crippen LogP) is 4.37. The number of thiophene rings is 1. The summed E-state index contributed by atoms with van der Waals surface area (Å²) in [6.07, 6.45) is 1.70. The van der Waals surface area contributed by atoms with E-state index < -0.39 is 0 Å². The molecule has 2 heterocycles. The van der Waals surface area contributed by atoms with E-state index in [4.69, 9.17) is 11.6 Å². The number of hydrogen-bond acceptors (Lipinski definition) is 4. The van der Waals surface area contributed by atoms with Crippen molar-refractivity contribution >= 4 is 28.6 Å². The summed E-state index contributed by atoms with van der Waals surface area (Å²) < 4.78 is 2.72. The second-order valence-electron chi connectivity index (χ2n) is 4.90. The van der Waals surface area contributed by atoms with Crippen LogP contribution in [0.5, 0.6) is 0 Å². The molecule has 3 aromatic rings. The van der Waals surface area contributed by atoms with E-state index >= 15 is 0 Å². The number of anilines is 1. The lowest BCUT2D eigenvalue weighted by Gasteiger charge is -2.14. The minimum Gasteiger partial charge on any atom is -0.378 e. The largest absolute Gasteiger partial charge is 0.378 e. The molecular formula is C15H15ClN4S. The maximum Gasteiger partial charge on any atom is 0.163 e.